The second-order valence-electron chi connectivity index (χ2n) is 4.70. The molecule has 0 aliphatic heterocycles. The topological polar surface area (TPSA) is 61.0 Å². The molecule has 1 aromatic carbocycles. The van der Waals surface area contributed by atoms with E-state index in [1.165, 1.54) is 0 Å². The van der Waals surface area contributed by atoms with Gasteiger partial charge in [-0.3, -0.25) is 0 Å². The number of aromatic nitrogens is 2. The van der Waals surface area contributed by atoms with Crippen molar-refractivity contribution in [3.8, 4) is 17.1 Å². The van der Waals surface area contributed by atoms with Gasteiger partial charge in [0.2, 0.25) is 0 Å². The van der Waals surface area contributed by atoms with Crippen LogP contribution >= 0.6 is 0 Å². The predicted molar refractivity (Wildman–Crippen MR) is 80.6 cm³/mol. The van der Waals surface area contributed by atoms with Crippen molar-refractivity contribution in [3.05, 3.63) is 42.2 Å². The van der Waals surface area contributed by atoms with E-state index >= 15 is 0 Å². The first-order valence-corrected chi connectivity index (χ1v) is 7.03. The fraction of sp³-hybridized carbons (Fsp3) is 0.375. The van der Waals surface area contributed by atoms with Crippen molar-refractivity contribution in [1.82, 2.24) is 9.97 Å². The molecule has 0 bridgehead atoms. The molecule has 0 saturated carbocycles. The number of nitrogens with two attached hydrogens (primary N) is 1. The van der Waals surface area contributed by atoms with Crippen LogP contribution in [0, 0.1) is 0 Å². The molecule has 0 radical (unpaired) electrons. The summed E-state index contributed by atoms with van der Waals surface area (Å²) in [6.07, 6.45) is 3.50. The minimum Gasteiger partial charge on any atom is -0.494 e. The molecule has 2 N–H and O–H groups in total. The third-order valence-electron chi connectivity index (χ3n) is 3.11. The fourth-order valence-corrected chi connectivity index (χ4v) is 1.95. The van der Waals surface area contributed by atoms with E-state index < -0.39 is 0 Å². The molecule has 4 heteroatoms. The van der Waals surface area contributed by atoms with Crippen molar-refractivity contribution in [2.24, 2.45) is 5.73 Å². The molecule has 0 spiro atoms. The minimum absolute atomic E-state index is 0.146. The molecule has 2 rings (SSSR count). The molecule has 106 valence electrons. The summed E-state index contributed by atoms with van der Waals surface area (Å²) in [5.74, 6) is 1.55. The highest BCUT2D eigenvalue weighted by atomic mass is 16.5. The van der Waals surface area contributed by atoms with Gasteiger partial charge in [0, 0.05) is 29.9 Å². The Balaban J connectivity index is 2.24. The van der Waals surface area contributed by atoms with E-state index in [2.05, 4.69) is 16.9 Å². The van der Waals surface area contributed by atoms with E-state index in [-0.39, 0.29) is 6.04 Å². The van der Waals surface area contributed by atoms with Gasteiger partial charge in [-0.2, -0.15) is 0 Å². The lowest BCUT2D eigenvalue weighted by Crippen LogP contribution is -2.22. The van der Waals surface area contributed by atoms with Crippen molar-refractivity contribution >= 4 is 0 Å². The average Bonchev–Trinajstić information content (AvgIpc) is 2.48. The maximum Gasteiger partial charge on any atom is 0.159 e. The fourth-order valence-electron chi connectivity index (χ4n) is 1.95. The number of benzene rings is 1. The Hall–Kier alpha value is -1.94. The van der Waals surface area contributed by atoms with Gasteiger partial charge in [-0.15, -0.1) is 0 Å². The second kappa shape index (κ2) is 7.01. The van der Waals surface area contributed by atoms with Crippen LogP contribution in [0.25, 0.3) is 11.4 Å². The maximum atomic E-state index is 5.98. The Morgan fingerprint density at radius 1 is 1.25 bits per heavy atom. The summed E-state index contributed by atoms with van der Waals surface area (Å²) < 4.78 is 5.50. The summed E-state index contributed by atoms with van der Waals surface area (Å²) in [4.78, 5) is 8.92. The second-order valence-corrected chi connectivity index (χ2v) is 4.70. The molecule has 0 amide bonds. The Morgan fingerprint density at radius 3 is 2.85 bits per heavy atom. The summed E-state index contributed by atoms with van der Waals surface area (Å²) >= 11 is 0. The SMILES string of the molecule is CCOc1cccc(-c2nccc(CC(N)CC)n2)c1. The Labute approximate surface area is 120 Å². The van der Waals surface area contributed by atoms with Gasteiger partial charge < -0.3 is 10.5 Å². The van der Waals surface area contributed by atoms with Crippen molar-refractivity contribution in [2.45, 2.75) is 32.7 Å². The molecule has 0 aliphatic carbocycles. The summed E-state index contributed by atoms with van der Waals surface area (Å²) in [6.45, 7) is 4.70. The molecule has 0 aliphatic rings. The third kappa shape index (κ3) is 3.78. The van der Waals surface area contributed by atoms with Crippen LogP contribution in [-0.2, 0) is 6.42 Å². The van der Waals surface area contributed by atoms with Crippen LogP contribution < -0.4 is 10.5 Å². The van der Waals surface area contributed by atoms with E-state index in [1.807, 2.05) is 37.3 Å². The van der Waals surface area contributed by atoms with E-state index in [0.29, 0.717) is 12.4 Å². The Morgan fingerprint density at radius 2 is 2.10 bits per heavy atom. The van der Waals surface area contributed by atoms with Crippen molar-refractivity contribution in [3.63, 3.8) is 0 Å². The first-order chi connectivity index (χ1) is 9.72. The molecule has 1 atom stereocenters. The van der Waals surface area contributed by atoms with Crippen LogP contribution in [-0.4, -0.2) is 22.6 Å². The smallest absolute Gasteiger partial charge is 0.159 e. The quantitative estimate of drug-likeness (QED) is 0.877. The van der Waals surface area contributed by atoms with Gasteiger partial charge in [0.05, 0.1) is 6.61 Å². The molecule has 1 heterocycles. The van der Waals surface area contributed by atoms with Gasteiger partial charge >= 0.3 is 0 Å². The standard InChI is InChI=1S/C16H21N3O/c1-3-13(17)11-14-8-9-18-16(19-14)12-6-5-7-15(10-12)20-4-2/h5-10,13H,3-4,11,17H2,1-2H3. The molecule has 4 nitrogen and oxygen atoms in total. The third-order valence-corrected chi connectivity index (χ3v) is 3.11. The first kappa shape index (κ1) is 14.5. The molecule has 20 heavy (non-hydrogen) atoms. The number of nitrogens with zero attached hydrogens (tertiary/aromatic N) is 2. The Kier molecular flexibility index (Phi) is 5.07. The molecular formula is C16H21N3O. The van der Waals surface area contributed by atoms with Gasteiger partial charge in [-0.25, -0.2) is 9.97 Å². The van der Waals surface area contributed by atoms with Crippen LogP contribution in [0.15, 0.2) is 36.5 Å². The van der Waals surface area contributed by atoms with Gasteiger partial charge in [0.15, 0.2) is 5.82 Å². The van der Waals surface area contributed by atoms with E-state index in [1.54, 1.807) is 6.20 Å². The van der Waals surface area contributed by atoms with Crippen LogP contribution in [0.1, 0.15) is 26.0 Å². The number of ether oxygens (including phenoxy) is 1. The number of hydrogen-bond acceptors (Lipinski definition) is 4. The highest BCUT2D eigenvalue weighted by molar-refractivity contribution is 5.57. The summed E-state index contributed by atoms with van der Waals surface area (Å²) in [5, 5.41) is 0. The normalized spacial score (nSPS) is 12.2. The Bertz CT molecular complexity index is 557. The summed E-state index contributed by atoms with van der Waals surface area (Å²) in [6, 6.07) is 9.90. The van der Waals surface area contributed by atoms with Crippen LogP contribution in [0.3, 0.4) is 0 Å². The molecule has 0 fully saturated rings. The van der Waals surface area contributed by atoms with Gasteiger partial charge in [-0.05, 0) is 31.5 Å². The van der Waals surface area contributed by atoms with Gasteiger partial charge in [0.25, 0.3) is 0 Å². The first-order valence-electron chi connectivity index (χ1n) is 7.03. The molecular weight excluding hydrogens is 250 g/mol. The predicted octanol–water partition coefficient (Wildman–Crippen LogP) is 2.82. The zero-order valence-corrected chi connectivity index (χ0v) is 12.0. The van der Waals surface area contributed by atoms with Crippen LogP contribution in [0.5, 0.6) is 5.75 Å². The average molecular weight is 271 g/mol. The van der Waals surface area contributed by atoms with E-state index in [0.717, 1.165) is 29.8 Å². The monoisotopic (exact) mass is 271 g/mol. The van der Waals surface area contributed by atoms with Gasteiger partial charge in [-0.1, -0.05) is 19.1 Å². The lowest BCUT2D eigenvalue weighted by molar-refractivity contribution is 0.340. The molecule has 1 unspecified atom stereocenters. The van der Waals surface area contributed by atoms with Crippen molar-refractivity contribution in [2.75, 3.05) is 6.61 Å². The summed E-state index contributed by atoms with van der Waals surface area (Å²) in [7, 11) is 0. The highest BCUT2D eigenvalue weighted by Gasteiger charge is 2.07. The lowest BCUT2D eigenvalue weighted by Gasteiger charge is -2.09. The largest absolute Gasteiger partial charge is 0.494 e. The highest BCUT2D eigenvalue weighted by Crippen LogP contribution is 2.21. The molecule has 1 aromatic heterocycles. The number of rotatable bonds is 6. The van der Waals surface area contributed by atoms with Crippen molar-refractivity contribution < 1.29 is 4.74 Å². The van der Waals surface area contributed by atoms with E-state index in [4.69, 9.17) is 10.5 Å². The summed E-state index contributed by atoms with van der Waals surface area (Å²) in [5.41, 5.74) is 7.92. The van der Waals surface area contributed by atoms with E-state index in [9.17, 15) is 0 Å². The maximum absolute atomic E-state index is 5.98. The number of hydrogen-bond donors (Lipinski definition) is 1. The molecule has 0 saturated heterocycles. The lowest BCUT2D eigenvalue weighted by atomic mass is 10.1. The molecule has 2 aromatic rings. The minimum atomic E-state index is 0.146. The van der Waals surface area contributed by atoms with Crippen LogP contribution in [0.2, 0.25) is 0 Å². The van der Waals surface area contributed by atoms with Crippen LogP contribution in [0.4, 0.5) is 0 Å². The van der Waals surface area contributed by atoms with Crippen molar-refractivity contribution in [1.29, 1.82) is 0 Å². The zero-order valence-electron chi connectivity index (χ0n) is 12.0. The van der Waals surface area contributed by atoms with Gasteiger partial charge in [0.1, 0.15) is 5.75 Å². The zero-order chi connectivity index (χ0) is 14.4.